The number of carbonyl (C=O) groups excluding carboxylic acids is 2. The van der Waals surface area contributed by atoms with Crippen LogP contribution in [0.4, 0.5) is 11.6 Å². The smallest absolute Gasteiger partial charge is 0.266 e. The molecule has 0 spiro atoms. The summed E-state index contributed by atoms with van der Waals surface area (Å²) >= 11 is 6.35. The normalized spacial score (nSPS) is 13.9. The molecule has 0 unspecified atom stereocenters. The molecule has 9 nitrogen and oxygen atoms in total. The monoisotopic (exact) mass is 495 g/mol. The lowest BCUT2D eigenvalue weighted by Gasteiger charge is -2.31. The van der Waals surface area contributed by atoms with Crippen molar-refractivity contribution in [1.29, 1.82) is 5.26 Å². The topological polar surface area (TPSA) is 116 Å². The average molecular weight is 496 g/mol. The maximum atomic E-state index is 12.9. The number of aromatic nitrogens is 1. The minimum Gasteiger partial charge on any atom is -0.459 e. The standard InChI is InChI=1S/C25H26ClN5O4/c1-3-30(4-2)24(33)18-8-7-17(14-19(18)26)28-22(32)16-9-11-31(12-10-16)25-20(15-27)29-23(35-25)21-6-5-13-34-21/h5-8,13-14,16H,3-4,9-12H2,1-2H3,(H,28,32). The van der Waals surface area contributed by atoms with Crippen LogP contribution in [0.2, 0.25) is 5.02 Å². The fraction of sp³-hybridized carbons (Fsp3) is 0.360. The highest BCUT2D eigenvalue weighted by atomic mass is 35.5. The first-order valence-electron chi connectivity index (χ1n) is 11.5. The van der Waals surface area contributed by atoms with Crippen LogP contribution in [0.15, 0.2) is 45.4 Å². The zero-order valence-electron chi connectivity index (χ0n) is 19.6. The van der Waals surface area contributed by atoms with Crippen molar-refractivity contribution in [3.8, 4) is 17.7 Å². The first-order valence-corrected chi connectivity index (χ1v) is 11.9. The molecule has 0 bridgehead atoms. The summed E-state index contributed by atoms with van der Waals surface area (Å²) in [4.78, 5) is 33.3. The molecule has 0 radical (unpaired) electrons. The molecule has 4 rings (SSSR count). The summed E-state index contributed by atoms with van der Waals surface area (Å²) in [5.74, 6) is 0.632. The molecule has 1 fully saturated rings. The molecular weight excluding hydrogens is 470 g/mol. The summed E-state index contributed by atoms with van der Waals surface area (Å²) in [7, 11) is 0. The number of hydrogen-bond acceptors (Lipinski definition) is 7. The molecule has 1 aliphatic heterocycles. The Hall–Kier alpha value is -3.77. The first-order chi connectivity index (χ1) is 16.9. The minimum atomic E-state index is -0.208. The van der Waals surface area contributed by atoms with Crippen molar-refractivity contribution in [2.75, 3.05) is 36.4 Å². The molecule has 0 saturated carbocycles. The number of halogens is 1. The lowest BCUT2D eigenvalue weighted by Crippen LogP contribution is -2.38. The number of piperidine rings is 1. The van der Waals surface area contributed by atoms with Crippen molar-refractivity contribution < 1.29 is 18.4 Å². The fourth-order valence-electron chi connectivity index (χ4n) is 4.14. The number of nitrogens with one attached hydrogen (secondary N) is 1. The van der Waals surface area contributed by atoms with E-state index >= 15 is 0 Å². The number of oxazole rings is 1. The lowest BCUT2D eigenvalue weighted by atomic mass is 9.95. The zero-order valence-corrected chi connectivity index (χ0v) is 20.3. The quantitative estimate of drug-likeness (QED) is 0.500. The van der Waals surface area contributed by atoms with E-state index in [4.69, 9.17) is 20.4 Å². The van der Waals surface area contributed by atoms with E-state index in [-0.39, 0.29) is 29.3 Å². The van der Waals surface area contributed by atoms with Crippen LogP contribution in [0, 0.1) is 17.2 Å². The summed E-state index contributed by atoms with van der Waals surface area (Å²) in [5, 5.41) is 12.7. The number of rotatable bonds is 7. The van der Waals surface area contributed by atoms with Gasteiger partial charge in [-0.05, 0) is 57.0 Å². The summed E-state index contributed by atoms with van der Waals surface area (Å²) in [5.41, 5.74) is 1.15. The van der Waals surface area contributed by atoms with Crippen LogP contribution in [-0.4, -0.2) is 47.9 Å². The molecule has 1 N–H and O–H groups in total. The van der Waals surface area contributed by atoms with Crippen LogP contribution in [0.3, 0.4) is 0 Å². The Bertz CT molecular complexity index is 1240. The minimum absolute atomic E-state index is 0.113. The summed E-state index contributed by atoms with van der Waals surface area (Å²) in [6.45, 7) is 6.09. The highest BCUT2D eigenvalue weighted by Gasteiger charge is 2.29. The second-order valence-electron chi connectivity index (χ2n) is 8.18. The Morgan fingerprint density at radius 2 is 2.00 bits per heavy atom. The molecule has 0 atom stereocenters. The fourth-order valence-corrected chi connectivity index (χ4v) is 4.40. The van der Waals surface area contributed by atoms with Gasteiger partial charge in [0, 0.05) is 37.8 Å². The van der Waals surface area contributed by atoms with Crippen molar-refractivity contribution >= 4 is 35.0 Å². The van der Waals surface area contributed by atoms with E-state index < -0.39 is 0 Å². The van der Waals surface area contributed by atoms with Crippen molar-refractivity contribution in [3.05, 3.63) is 52.9 Å². The van der Waals surface area contributed by atoms with E-state index in [9.17, 15) is 14.9 Å². The van der Waals surface area contributed by atoms with E-state index in [2.05, 4.69) is 16.4 Å². The van der Waals surface area contributed by atoms with E-state index in [1.807, 2.05) is 18.7 Å². The molecule has 3 aromatic rings. The summed E-state index contributed by atoms with van der Waals surface area (Å²) in [6.07, 6.45) is 2.68. The third-order valence-electron chi connectivity index (χ3n) is 6.12. The van der Waals surface area contributed by atoms with Gasteiger partial charge in [0.15, 0.2) is 5.76 Å². The van der Waals surface area contributed by atoms with Crippen molar-refractivity contribution in [2.24, 2.45) is 5.92 Å². The number of carbonyl (C=O) groups is 2. The number of hydrogen-bond donors (Lipinski definition) is 1. The number of nitrogens with zero attached hydrogens (tertiary/aromatic N) is 4. The molecule has 3 heterocycles. The van der Waals surface area contributed by atoms with Crippen LogP contribution in [-0.2, 0) is 4.79 Å². The Labute approximate surface area is 208 Å². The molecule has 2 aromatic heterocycles. The van der Waals surface area contributed by atoms with E-state index in [1.54, 1.807) is 35.2 Å². The third-order valence-corrected chi connectivity index (χ3v) is 6.43. The third kappa shape index (κ3) is 5.17. The highest BCUT2D eigenvalue weighted by Crippen LogP contribution is 2.32. The second kappa shape index (κ2) is 10.7. The molecule has 1 aliphatic rings. The van der Waals surface area contributed by atoms with Gasteiger partial charge in [-0.3, -0.25) is 9.59 Å². The second-order valence-corrected chi connectivity index (χ2v) is 8.59. The predicted octanol–water partition coefficient (Wildman–Crippen LogP) is 4.80. The van der Waals surface area contributed by atoms with Crippen LogP contribution in [0.5, 0.6) is 0 Å². The molecule has 0 aliphatic carbocycles. The Morgan fingerprint density at radius 3 is 2.60 bits per heavy atom. The summed E-state index contributed by atoms with van der Waals surface area (Å²) < 4.78 is 11.1. The van der Waals surface area contributed by atoms with Gasteiger partial charge in [0.05, 0.1) is 16.8 Å². The number of nitriles is 1. The Balaban J connectivity index is 1.37. The molecule has 35 heavy (non-hydrogen) atoms. The van der Waals surface area contributed by atoms with Gasteiger partial charge in [-0.15, -0.1) is 0 Å². The predicted molar refractivity (Wildman–Crippen MR) is 131 cm³/mol. The summed E-state index contributed by atoms with van der Waals surface area (Å²) in [6, 6.07) is 10.4. The van der Waals surface area contributed by atoms with E-state index in [0.717, 1.165) is 0 Å². The number of anilines is 2. The number of furan rings is 1. The van der Waals surface area contributed by atoms with Crippen LogP contribution in [0.1, 0.15) is 42.7 Å². The van der Waals surface area contributed by atoms with E-state index in [0.29, 0.717) is 66.9 Å². The SMILES string of the molecule is CCN(CC)C(=O)c1ccc(NC(=O)C2CCN(c3oc(-c4ccco4)nc3C#N)CC2)cc1Cl. The highest BCUT2D eigenvalue weighted by molar-refractivity contribution is 6.34. The van der Waals surface area contributed by atoms with Gasteiger partial charge in [-0.25, -0.2) is 0 Å². The van der Waals surface area contributed by atoms with Crippen LogP contribution in [0.25, 0.3) is 11.7 Å². The van der Waals surface area contributed by atoms with Gasteiger partial charge in [-0.2, -0.15) is 10.2 Å². The van der Waals surface area contributed by atoms with Gasteiger partial charge >= 0.3 is 0 Å². The Kier molecular flexibility index (Phi) is 7.42. The van der Waals surface area contributed by atoms with E-state index in [1.165, 1.54) is 6.26 Å². The molecule has 1 aromatic carbocycles. The number of amides is 2. The maximum absolute atomic E-state index is 12.9. The van der Waals surface area contributed by atoms with Gasteiger partial charge in [0.2, 0.25) is 17.5 Å². The van der Waals surface area contributed by atoms with Gasteiger partial charge in [0.25, 0.3) is 11.8 Å². The maximum Gasteiger partial charge on any atom is 0.266 e. The number of benzene rings is 1. The largest absolute Gasteiger partial charge is 0.459 e. The van der Waals surface area contributed by atoms with Crippen LogP contribution < -0.4 is 10.2 Å². The molecule has 1 saturated heterocycles. The molecule has 2 amide bonds. The molecular formula is C25H26ClN5O4. The van der Waals surface area contributed by atoms with Crippen molar-refractivity contribution in [1.82, 2.24) is 9.88 Å². The Morgan fingerprint density at radius 1 is 1.26 bits per heavy atom. The van der Waals surface area contributed by atoms with Crippen molar-refractivity contribution in [2.45, 2.75) is 26.7 Å². The molecule has 10 heteroatoms. The first kappa shape index (κ1) is 24.4. The zero-order chi connectivity index (χ0) is 24.9. The van der Waals surface area contributed by atoms with Crippen molar-refractivity contribution in [3.63, 3.8) is 0 Å². The van der Waals surface area contributed by atoms with Gasteiger partial charge < -0.3 is 24.0 Å². The van der Waals surface area contributed by atoms with Gasteiger partial charge in [0.1, 0.15) is 6.07 Å². The van der Waals surface area contributed by atoms with Gasteiger partial charge in [-0.1, -0.05) is 11.6 Å². The molecule has 182 valence electrons. The van der Waals surface area contributed by atoms with Crippen LogP contribution >= 0.6 is 11.6 Å². The average Bonchev–Trinajstić information content (AvgIpc) is 3.55. The lowest BCUT2D eigenvalue weighted by molar-refractivity contribution is -0.120.